The van der Waals surface area contributed by atoms with E-state index >= 15 is 0 Å². The van der Waals surface area contributed by atoms with Crippen molar-refractivity contribution in [2.75, 3.05) is 32.6 Å². The van der Waals surface area contributed by atoms with Gasteiger partial charge in [-0.3, -0.25) is 4.98 Å². The molecular weight excluding hydrogens is 214 g/mol. The number of ether oxygens (including phenoxy) is 1. The molecule has 0 aliphatic carbocycles. The van der Waals surface area contributed by atoms with Crippen molar-refractivity contribution in [3.63, 3.8) is 0 Å². The smallest absolute Gasteiger partial charge is 0.139 e. The molecule has 94 valence electrons. The normalized spacial score (nSPS) is 20.5. The minimum absolute atomic E-state index is 0.550. The van der Waals surface area contributed by atoms with E-state index in [1.807, 2.05) is 20.0 Å². The van der Waals surface area contributed by atoms with Crippen LogP contribution in [0.3, 0.4) is 0 Å². The van der Waals surface area contributed by atoms with E-state index in [0.717, 1.165) is 23.7 Å². The number of anilines is 1. The van der Waals surface area contributed by atoms with Crippen molar-refractivity contribution in [2.45, 2.75) is 25.8 Å². The molecule has 2 heterocycles. The fraction of sp³-hybridized carbons (Fsp3) is 0.615. The lowest BCUT2D eigenvalue weighted by atomic mass is 10.2. The zero-order valence-electron chi connectivity index (χ0n) is 10.9. The standard InChI is InChI=1S/C13H21N3O/c1-10-13(14-2)7-12(8-15-10)17-9-11-5-4-6-16(11)3/h7-8,11,14H,4-6,9H2,1-3H3/t11-/m1/s1. The molecular formula is C13H21N3O. The van der Waals surface area contributed by atoms with Gasteiger partial charge in [0.15, 0.2) is 0 Å². The number of nitrogens with zero attached hydrogens (tertiary/aromatic N) is 2. The van der Waals surface area contributed by atoms with Crippen LogP contribution in [-0.2, 0) is 0 Å². The van der Waals surface area contributed by atoms with Gasteiger partial charge in [-0.1, -0.05) is 0 Å². The molecule has 0 radical (unpaired) electrons. The first-order chi connectivity index (χ1) is 8.20. The van der Waals surface area contributed by atoms with Crippen molar-refractivity contribution in [2.24, 2.45) is 0 Å². The van der Waals surface area contributed by atoms with Crippen molar-refractivity contribution in [3.8, 4) is 5.75 Å². The molecule has 0 aromatic carbocycles. The molecule has 2 rings (SSSR count). The number of rotatable bonds is 4. The Hall–Kier alpha value is -1.29. The predicted octanol–water partition coefficient (Wildman–Crippen LogP) is 1.90. The first-order valence-corrected chi connectivity index (χ1v) is 6.18. The van der Waals surface area contributed by atoms with Crippen LogP contribution in [0.2, 0.25) is 0 Å². The van der Waals surface area contributed by atoms with Crippen molar-refractivity contribution in [3.05, 3.63) is 18.0 Å². The Kier molecular flexibility index (Phi) is 3.84. The van der Waals surface area contributed by atoms with Crippen LogP contribution in [0.1, 0.15) is 18.5 Å². The highest BCUT2D eigenvalue weighted by atomic mass is 16.5. The van der Waals surface area contributed by atoms with E-state index in [4.69, 9.17) is 4.74 Å². The van der Waals surface area contributed by atoms with Crippen LogP contribution in [0, 0.1) is 6.92 Å². The third-order valence-corrected chi connectivity index (χ3v) is 3.45. The van der Waals surface area contributed by atoms with E-state index in [2.05, 4.69) is 22.2 Å². The fourth-order valence-electron chi connectivity index (χ4n) is 2.23. The molecule has 0 saturated carbocycles. The summed E-state index contributed by atoms with van der Waals surface area (Å²) in [4.78, 5) is 6.67. The Labute approximate surface area is 103 Å². The second kappa shape index (κ2) is 5.36. The number of likely N-dealkylation sites (N-methyl/N-ethyl adjacent to an activating group) is 1. The molecule has 0 unspecified atom stereocenters. The van der Waals surface area contributed by atoms with Crippen LogP contribution in [0.4, 0.5) is 5.69 Å². The van der Waals surface area contributed by atoms with Gasteiger partial charge in [0.25, 0.3) is 0 Å². The first kappa shape index (κ1) is 12.2. The molecule has 1 saturated heterocycles. The Morgan fingerprint density at radius 1 is 1.59 bits per heavy atom. The van der Waals surface area contributed by atoms with Gasteiger partial charge < -0.3 is 15.0 Å². The van der Waals surface area contributed by atoms with Crippen LogP contribution < -0.4 is 10.1 Å². The van der Waals surface area contributed by atoms with E-state index in [0.29, 0.717) is 6.04 Å². The Morgan fingerprint density at radius 2 is 2.41 bits per heavy atom. The third-order valence-electron chi connectivity index (χ3n) is 3.45. The summed E-state index contributed by atoms with van der Waals surface area (Å²) in [5.74, 6) is 0.847. The molecule has 0 spiro atoms. The van der Waals surface area contributed by atoms with E-state index in [1.54, 1.807) is 6.20 Å². The van der Waals surface area contributed by atoms with Crippen LogP contribution in [0.15, 0.2) is 12.3 Å². The summed E-state index contributed by atoms with van der Waals surface area (Å²) < 4.78 is 5.81. The highest BCUT2D eigenvalue weighted by Gasteiger charge is 2.21. The van der Waals surface area contributed by atoms with Crippen LogP contribution in [-0.4, -0.2) is 43.2 Å². The predicted molar refractivity (Wildman–Crippen MR) is 69.7 cm³/mol. The molecule has 4 heteroatoms. The maximum Gasteiger partial charge on any atom is 0.139 e. The van der Waals surface area contributed by atoms with E-state index in [9.17, 15) is 0 Å². The average Bonchev–Trinajstić information content (AvgIpc) is 2.74. The van der Waals surface area contributed by atoms with E-state index in [-0.39, 0.29) is 0 Å². The van der Waals surface area contributed by atoms with E-state index < -0.39 is 0 Å². The van der Waals surface area contributed by atoms with Gasteiger partial charge in [0.05, 0.1) is 17.6 Å². The number of nitrogens with one attached hydrogen (secondary N) is 1. The lowest BCUT2D eigenvalue weighted by Gasteiger charge is -2.19. The number of aromatic nitrogens is 1. The molecule has 1 aliphatic rings. The van der Waals surface area contributed by atoms with Crippen LogP contribution >= 0.6 is 0 Å². The van der Waals surface area contributed by atoms with Crippen LogP contribution in [0.25, 0.3) is 0 Å². The summed E-state index contributed by atoms with van der Waals surface area (Å²) >= 11 is 0. The van der Waals surface area contributed by atoms with Gasteiger partial charge in [0.2, 0.25) is 0 Å². The summed E-state index contributed by atoms with van der Waals surface area (Å²) in [6, 6.07) is 2.56. The van der Waals surface area contributed by atoms with Gasteiger partial charge >= 0.3 is 0 Å². The highest BCUT2D eigenvalue weighted by molar-refractivity contribution is 5.50. The fourth-order valence-corrected chi connectivity index (χ4v) is 2.23. The van der Waals surface area contributed by atoms with E-state index in [1.165, 1.54) is 19.4 Å². The molecule has 1 aromatic heterocycles. The maximum atomic E-state index is 5.81. The lowest BCUT2D eigenvalue weighted by molar-refractivity contribution is 0.198. The molecule has 1 aliphatic heterocycles. The largest absolute Gasteiger partial charge is 0.490 e. The zero-order chi connectivity index (χ0) is 12.3. The van der Waals surface area contributed by atoms with Gasteiger partial charge in [-0.15, -0.1) is 0 Å². The van der Waals surface area contributed by atoms with Crippen LogP contribution in [0.5, 0.6) is 5.75 Å². The first-order valence-electron chi connectivity index (χ1n) is 6.18. The Morgan fingerprint density at radius 3 is 3.06 bits per heavy atom. The van der Waals surface area contributed by atoms with Gasteiger partial charge in [-0.25, -0.2) is 0 Å². The molecule has 1 aromatic rings. The Balaban J connectivity index is 1.94. The summed E-state index contributed by atoms with van der Waals surface area (Å²) in [5, 5.41) is 3.12. The maximum absolute atomic E-state index is 5.81. The van der Waals surface area contributed by atoms with Crippen molar-refractivity contribution in [1.29, 1.82) is 0 Å². The summed E-state index contributed by atoms with van der Waals surface area (Å²) in [5.41, 5.74) is 2.03. The molecule has 1 N–H and O–H groups in total. The SMILES string of the molecule is CNc1cc(OC[C@H]2CCCN2C)cnc1C. The average molecular weight is 235 g/mol. The summed E-state index contributed by atoms with van der Waals surface area (Å²) in [6.45, 7) is 3.92. The summed E-state index contributed by atoms with van der Waals surface area (Å²) in [7, 11) is 4.06. The third kappa shape index (κ3) is 2.88. The van der Waals surface area contributed by atoms with Crippen molar-refractivity contribution >= 4 is 5.69 Å². The topological polar surface area (TPSA) is 37.4 Å². The number of hydrogen-bond donors (Lipinski definition) is 1. The number of likely N-dealkylation sites (tertiary alicyclic amines) is 1. The van der Waals surface area contributed by atoms with Gasteiger partial charge in [0, 0.05) is 19.2 Å². The lowest BCUT2D eigenvalue weighted by Crippen LogP contribution is -2.30. The number of hydrogen-bond acceptors (Lipinski definition) is 4. The van der Waals surface area contributed by atoms with Gasteiger partial charge in [0.1, 0.15) is 12.4 Å². The Bertz CT molecular complexity index is 381. The second-order valence-corrected chi connectivity index (χ2v) is 4.64. The minimum atomic E-state index is 0.550. The zero-order valence-corrected chi connectivity index (χ0v) is 10.9. The second-order valence-electron chi connectivity index (χ2n) is 4.64. The van der Waals surface area contributed by atoms with Crippen molar-refractivity contribution < 1.29 is 4.74 Å². The molecule has 17 heavy (non-hydrogen) atoms. The molecule has 0 amide bonds. The number of aryl methyl sites for hydroxylation is 1. The quantitative estimate of drug-likeness (QED) is 0.865. The van der Waals surface area contributed by atoms with Crippen molar-refractivity contribution in [1.82, 2.24) is 9.88 Å². The summed E-state index contributed by atoms with van der Waals surface area (Å²) in [6.07, 6.45) is 4.30. The van der Waals surface area contributed by atoms with Gasteiger partial charge in [-0.2, -0.15) is 0 Å². The van der Waals surface area contributed by atoms with Gasteiger partial charge in [-0.05, 0) is 33.4 Å². The monoisotopic (exact) mass is 235 g/mol. The molecule has 1 atom stereocenters. The molecule has 0 bridgehead atoms. The molecule has 4 nitrogen and oxygen atoms in total. The highest BCUT2D eigenvalue weighted by Crippen LogP contribution is 2.21. The minimum Gasteiger partial charge on any atom is -0.490 e. The number of pyridine rings is 1. The molecule has 1 fully saturated rings.